The molecule has 1 saturated heterocycles. The maximum Gasteiger partial charge on any atom is 0.326 e. The standard InChI is InChI=1S/C63H90N6O12/c1-9-13-36-69-51-30-26-44(57-58(81-57)65-35-37-78-38-39-79-41-54(70)64-34-18-17-25-48(59(73)74)66-61(77)67-49(60(75)76)29-33-55(71)72)40-47(51)63(7,8)53(69)32-28-43-22-19-21-42(56(43)80-45-23-15-14-16-24-45)27-31-52-62(5,6)46(11-3)50(20-10-2)68(52)12-4/h10-11,14-16,20,23-24,26,30,40,43,48-49,53,57-58,65H,2,9,12-13,17-19,21-22,25,27-29,31-39,41H2,1,3-8H3,(H5-,64,66,67,70,71,72,73,74,75,76,77)/p+1/b46-11+,50-20+. The topological polar surface area (TPSA) is 241 Å². The maximum atomic E-state index is 12.3. The molecule has 0 radical (unpaired) electrons. The Morgan fingerprint density at radius 1 is 0.889 bits per heavy atom. The Morgan fingerprint density at radius 2 is 1.62 bits per heavy atom. The Labute approximate surface area is 479 Å². The molecule has 0 aromatic heterocycles. The average molecular weight is 1120 g/mol. The fraction of sp³-hybridized carbons (Fsp3) is 0.587. The minimum absolute atomic E-state index is 0.0223. The van der Waals surface area contributed by atoms with E-state index in [1.807, 2.05) is 6.08 Å². The number of carboxylic acids is 3. The predicted octanol–water partition coefficient (Wildman–Crippen LogP) is 9.55. The summed E-state index contributed by atoms with van der Waals surface area (Å²) in [5.74, 6) is -1.89. The van der Waals surface area contributed by atoms with Gasteiger partial charge < -0.3 is 55.1 Å². The van der Waals surface area contributed by atoms with Crippen LogP contribution in [-0.2, 0) is 38.8 Å². The first kappa shape index (κ1) is 63.8. The number of carboxylic acid groups (broad SMARTS) is 3. The number of allylic oxidation sites excluding steroid dienone is 6. The molecule has 0 spiro atoms. The molecule has 1 aliphatic carbocycles. The lowest BCUT2D eigenvalue weighted by Crippen LogP contribution is -2.51. The quantitative estimate of drug-likeness (QED) is 0.0193. The van der Waals surface area contributed by atoms with Crippen LogP contribution in [0, 0.1) is 11.3 Å². The van der Waals surface area contributed by atoms with Crippen molar-refractivity contribution in [2.45, 2.75) is 174 Å². The van der Waals surface area contributed by atoms with Crippen LogP contribution in [0.1, 0.15) is 156 Å². The number of benzene rings is 2. The number of amides is 3. The Bertz CT molecular complexity index is 2630. The van der Waals surface area contributed by atoms with Gasteiger partial charge in [-0.25, -0.2) is 14.4 Å². The van der Waals surface area contributed by atoms with Gasteiger partial charge in [0.1, 0.15) is 49.1 Å². The fourth-order valence-electron chi connectivity index (χ4n) is 12.2. The molecule has 3 aliphatic heterocycles. The molecule has 444 valence electrons. The van der Waals surface area contributed by atoms with Gasteiger partial charge in [0.05, 0.1) is 25.2 Å². The van der Waals surface area contributed by atoms with E-state index in [2.05, 4.69) is 146 Å². The van der Waals surface area contributed by atoms with Crippen molar-refractivity contribution >= 4 is 41.2 Å². The van der Waals surface area contributed by atoms with Gasteiger partial charge in [0.15, 0.2) is 5.71 Å². The van der Waals surface area contributed by atoms with Gasteiger partial charge in [-0.3, -0.25) is 14.9 Å². The van der Waals surface area contributed by atoms with Crippen LogP contribution in [0.2, 0.25) is 0 Å². The van der Waals surface area contributed by atoms with Crippen molar-refractivity contribution in [2.24, 2.45) is 11.3 Å². The van der Waals surface area contributed by atoms with Crippen molar-refractivity contribution in [3.05, 3.63) is 107 Å². The van der Waals surface area contributed by atoms with E-state index < -0.39 is 42.4 Å². The van der Waals surface area contributed by atoms with Crippen molar-refractivity contribution in [1.82, 2.24) is 21.3 Å². The van der Waals surface area contributed by atoms with E-state index in [1.165, 1.54) is 45.1 Å². The van der Waals surface area contributed by atoms with Gasteiger partial charge in [-0.05, 0) is 133 Å². The third-order valence-corrected chi connectivity index (χ3v) is 16.4. The third kappa shape index (κ3) is 17.3. The molecular formula is C63H91N6O12+. The second-order valence-corrected chi connectivity index (χ2v) is 22.7. The molecule has 0 saturated carbocycles. The van der Waals surface area contributed by atoms with Crippen LogP contribution >= 0.6 is 0 Å². The summed E-state index contributed by atoms with van der Waals surface area (Å²) in [4.78, 5) is 61.0. The number of nitrogens with one attached hydrogen (secondary N) is 4. The van der Waals surface area contributed by atoms with Gasteiger partial charge >= 0.3 is 23.9 Å². The number of unbranched alkanes of at least 4 members (excludes halogenated alkanes) is 2. The summed E-state index contributed by atoms with van der Waals surface area (Å²) >= 11 is 0. The van der Waals surface area contributed by atoms with Crippen LogP contribution in [-0.4, -0.2) is 132 Å². The van der Waals surface area contributed by atoms with E-state index in [1.54, 1.807) is 0 Å². The number of para-hydroxylation sites is 1. The largest absolute Gasteiger partial charge is 0.481 e. The van der Waals surface area contributed by atoms with Crippen LogP contribution in [0.3, 0.4) is 0 Å². The first-order valence-corrected chi connectivity index (χ1v) is 29.4. The number of ether oxygens (including phenoxy) is 4. The minimum atomic E-state index is -1.49. The molecule has 2 aromatic rings. The van der Waals surface area contributed by atoms with E-state index in [9.17, 15) is 34.2 Å². The molecule has 7 N–H and O–H groups in total. The van der Waals surface area contributed by atoms with Gasteiger partial charge in [0.25, 0.3) is 0 Å². The zero-order chi connectivity index (χ0) is 58.7. The first-order chi connectivity index (χ1) is 38.8. The highest BCUT2D eigenvalue weighted by molar-refractivity contribution is 5.92. The van der Waals surface area contributed by atoms with Gasteiger partial charge in [0, 0.05) is 67.2 Å². The summed E-state index contributed by atoms with van der Waals surface area (Å²) in [7, 11) is 0. The molecular weight excluding hydrogens is 1030 g/mol. The summed E-state index contributed by atoms with van der Waals surface area (Å²) in [6.07, 6.45) is 15.8. The molecule has 4 aliphatic rings. The highest BCUT2D eigenvalue weighted by Gasteiger charge is 2.49. The number of epoxide rings is 1. The van der Waals surface area contributed by atoms with Crippen LogP contribution in [0.25, 0.3) is 0 Å². The van der Waals surface area contributed by atoms with E-state index >= 15 is 0 Å². The summed E-state index contributed by atoms with van der Waals surface area (Å²) in [5.41, 5.74) is 9.28. The number of carbonyl (C=O) groups is 5. The summed E-state index contributed by atoms with van der Waals surface area (Å²) in [6.45, 7) is 23.9. The molecule has 18 nitrogen and oxygen atoms in total. The SMILES string of the molecule is C=C/C=C1\C(=C/C)C(C)(C)C(CCC2=C(Oc3ccccc3)C(CCC3N(CCCC)c4ccc(C5OC5NCCOCCOCC(=O)NCCCCC(NC(=O)NC(CCC(=O)O)C(=O)O)C(=O)O)cc4C3(C)C)CCC2)=[N+]1CC. The number of aliphatic carboxylic acids is 3. The average Bonchev–Trinajstić information content (AvgIpc) is 3.80. The molecule has 6 atom stereocenters. The molecule has 3 amide bonds. The van der Waals surface area contributed by atoms with Crippen molar-refractivity contribution in [3.63, 3.8) is 0 Å². The van der Waals surface area contributed by atoms with Gasteiger partial charge in [-0.1, -0.05) is 76.3 Å². The zero-order valence-electron chi connectivity index (χ0n) is 49.0. The van der Waals surface area contributed by atoms with E-state index in [4.69, 9.17) is 24.1 Å². The van der Waals surface area contributed by atoms with Crippen LogP contribution < -0.4 is 30.9 Å². The lowest BCUT2D eigenvalue weighted by molar-refractivity contribution is -0.466. The van der Waals surface area contributed by atoms with Crippen LogP contribution in [0.4, 0.5) is 10.5 Å². The molecule has 81 heavy (non-hydrogen) atoms. The van der Waals surface area contributed by atoms with Gasteiger partial charge in [-0.15, -0.1) is 0 Å². The number of anilines is 1. The molecule has 2 aromatic carbocycles. The number of nitrogens with zero attached hydrogens (tertiary/aromatic N) is 2. The van der Waals surface area contributed by atoms with Gasteiger partial charge in [-0.2, -0.15) is 4.58 Å². The molecule has 1 fully saturated rings. The molecule has 6 unspecified atom stereocenters. The normalized spacial score (nSPS) is 21.6. The van der Waals surface area contributed by atoms with E-state index in [-0.39, 0.29) is 61.7 Å². The molecule has 18 heteroatoms. The first-order valence-electron chi connectivity index (χ1n) is 29.4. The minimum Gasteiger partial charge on any atom is -0.481 e. The number of rotatable bonds is 35. The Kier molecular flexibility index (Phi) is 24.1. The van der Waals surface area contributed by atoms with Crippen molar-refractivity contribution in [1.29, 1.82) is 0 Å². The molecule has 6 rings (SSSR count). The van der Waals surface area contributed by atoms with Gasteiger partial charge in [0.2, 0.25) is 11.6 Å². The second-order valence-electron chi connectivity index (χ2n) is 22.7. The Hall–Kier alpha value is -6.34. The van der Waals surface area contributed by atoms with Crippen LogP contribution in [0.15, 0.2) is 95.9 Å². The van der Waals surface area contributed by atoms with Crippen molar-refractivity contribution < 1.29 is 62.8 Å². The summed E-state index contributed by atoms with van der Waals surface area (Å²) < 4.78 is 26.9. The number of carbonyl (C=O) groups excluding carboxylic acids is 2. The van der Waals surface area contributed by atoms with Crippen LogP contribution in [0.5, 0.6) is 5.75 Å². The predicted molar refractivity (Wildman–Crippen MR) is 313 cm³/mol. The van der Waals surface area contributed by atoms with E-state index in [0.29, 0.717) is 44.6 Å². The number of fused-ring (bicyclic) bond motifs is 1. The Morgan fingerprint density at radius 3 is 2.30 bits per heavy atom. The number of urea groups is 1. The number of likely N-dealkylation sites (N-methyl/N-ethyl adjacent to an activating group) is 1. The molecule has 0 bridgehead atoms. The number of hydrogen-bond acceptors (Lipinski definition) is 11. The summed E-state index contributed by atoms with van der Waals surface area (Å²) in [6, 6.07) is 13.8. The zero-order valence-corrected chi connectivity index (χ0v) is 49.0. The number of hydrogen-bond donors (Lipinski definition) is 7. The smallest absolute Gasteiger partial charge is 0.326 e. The maximum absolute atomic E-state index is 12.3. The highest BCUT2D eigenvalue weighted by Crippen LogP contribution is 2.51. The van der Waals surface area contributed by atoms with Crippen molar-refractivity contribution in [2.75, 3.05) is 57.5 Å². The molecule has 3 heterocycles. The fourth-order valence-corrected chi connectivity index (χ4v) is 12.2. The lowest BCUT2D eigenvalue weighted by Gasteiger charge is -2.37. The lowest BCUT2D eigenvalue weighted by atomic mass is 9.75. The van der Waals surface area contributed by atoms with E-state index in [0.717, 1.165) is 76.6 Å². The Balaban J connectivity index is 0.945. The third-order valence-electron chi connectivity index (χ3n) is 16.4. The second kappa shape index (κ2) is 30.6. The highest BCUT2D eigenvalue weighted by atomic mass is 16.6. The monoisotopic (exact) mass is 1120 g/mol. The summed E-state index contributed by atoms with van der Waals surface area (Å²) in [5, 5.41) is 38.0. The van der Waals surface area contributed by atoms with Crippen molar-refractivity contribution in [3.8, 4) is 5.75 Å².